The molecule has 1 amide bonds. The number of allylic oxidation sites excluding steroid dienone is 1. The standard InChI is InChI=1S/C25H30N4O5S2/c1-6-13-29-22(16(4)34-18-11-9-17(32-5)10-12-18)27-28-25(29)35-15-21(30)26-23-20(24(31)33-8-3)14-19(7-2)36-23/h6,9-12,14,16H,1,7-8,13,15H2,2-5H3,(H,26,30). The summed E-state index contributed by atoms with van der Waals surface area (Å²) in [6.07, 6.45) is 2.10. The predicted molar refractivity (Wildman–Crippen MR) is 141 cm³/mol. The number of amides is 1. The molecule has 2 aromatic heterocycles. The van der Waals surface area contributed by atoms with Crippen molar-refractivity contribution in [1.82, 2.24) is 14.8 Å². The zero-order valence-corrected chi connectivity index (χ0v) is 22.4. The lowest BCUT2D eigenvalue weighted by atomic mass is 10.2. The third kappa shape index (κ3) is 6.88. The Labute approximate surface area is 218 Å². The van der Waals surface area contributed by atoms with Gasteiger partial charge in [-0.1, -0.05) is 24.8 Å². The monoisotopic (exact) mass is 530 g/mol. The second-order valence-electron chi connectivity index (χ2n) is 7.54. The molecule has 36 heavy (non-hydrogen) atoms. The van der Waals surface area contributed by atoms with Crippen molar-refractivity contribution in [3.8, 4) is 11.5 Å². The van der Waals surface area contributed by atoms with Crippen LogP contribution in [0.25, 0.3) is 0 Å². The Morgan fingerprint density at radius 1 is 1.22 bits per heavy atom. The van der Waals surface area contributed by atoms with Gasteiger partial charge in [-0.25, -0.2) is 4.79 Å². The van der Waals surface area contributed by atoms with E-state index < -0.39 is 5.97 Å². The van der Waals surface area contributed by atoms with Crippen LogP contribution in [0.15, 0.2) is 48.1 Å². The third-order valence-corrected chi connectivity index (χ3v) is 7.17. The number of thioether (sulfide) groups is 1. The van der Waals surface area contributed by atoms with Gasteiger partial charge in [-0.05, 0) is 50.6 Å². The Bertz CT molecular complexity index is 1190. The first kappa shape index (κ1) is 27.3. The predicted octanol–water partition coefficient (Wildman–Crippen LogP) is 5.14. The zero-order valence-electron chi connectivity index (χ0n) is 20.8. The van der Waals surface area contributed by atoms with Crippen molar-refractivity contribution in [1.29, 1.82) is 0 Å². The highest BCUT2D eigenvalue weighted by atomic mass is 32.2. The summed E-state index contributed by atoms with van der Waals surface area (Å²) in [6.45, 7) is 10.2. The summed E-state index contributed by atoms with van der Waals surface area (Å²) < 4.78 is 18.2. The molecule has 192 valence electrons. The molecule has 0 saturated carbocycles. The quantitative estimate of drug-likeness (QED) is 0.184. The second kappa shape index (κ2) is 13.1. The van der Waals surface area contributed by atoms with Crippen LogP contribution < -0.4 is 14.8 Å². The van der Waals surface area contributed by atoms with E-state index in [0.717, 1.165) is 17.0 Å². The number of nitrogens with one attached hydrogen (secondary N) is 1. The lowest BCUT2D eigenvalue weighted by molar-refractivity contribution is -0.113. The fraction of sp³-hybridized carbons (Fsp3) is 0.360. The zero-order chi connectivity index (χ0) is 26.1. The molecule has 0 aliphatic carbocycles. The molecule has 3 aromatic rings. The second-order valence-corrected chi connectivity index (χ2v) is 9.62. The topological polar surface area (TPSA) is 105 Å². The number of hydrogen-bond donors (Lipinski definition) is 1. The van der Waals surface area contributed by atoms with Crippen molar-refractivity contribution >= 4 is 40.0 Å². The van der Waals surface area contributed by atoms with Crippen LogP contribution in [-0.4, -0.2) is 46.1 Å². The fourth-order valence-electron chi connectivity index (χ4n) is 3.28. The van der Waals surface area contributed by atoms with Crippen LogP contribution in [0, 0.1) is 0 Å². The van der Waals surface area contributed by atoms with E-state index in [1.54, 1.807) is 26.2 Å². The summed E-state index contributed by atoms with van der Waals surface area (Å²) in [4.78, 5) is 26.0. The van der Waals surface area contributed by atoms with E-state index in [-0.39, 0.29) is 24.4 Å². The van der Waals surface area contributed by atoms with Gasteiger partial charge in [0, 0.05) is 11.4 Å². The summed E-state index contributed by atoms with van der Waals surface area (Å²) >= 11 is 2.62. The van der Waals surface area contributed by atoms with Gasteiger partial charge in [0.1, 0.15) is 16.5 Å². The molecule has 3 rings (SSSR count). The van der Waals surface area contributed by atoms with Gasteiger partial charge in [0.2, 0.25) is 5.91 Å². The number of ether oxygens (including phenoxy) is 3. The van der Waals surface area contributed by atoms with Gasteiger partial charge < -0.3 is 19.5 Å². The molecule has 9 nitrogen and oxygen atoms in total. The highest BCUT2D eigenvalue weighted by Gasteiger charge is 2.22. The Hall–Kier alpha value is -3.31. The van der Waals surface area contributed by atoms with Gasteiger partial charge >= 0.3 is 5.97 Å². The first-order valence-corrected chi connectivity index (χ1v) is 13.3. The van der Waals surface area contributed by atoms with Crippen LogP contribution in [0.4, 0.5) is 5.00 Å². The number of rotatable bonds is 13. The number of methoxy groups -OCH3 is 1. The van der Waals surface area contributed by atoms with Crippen LogP contribution in [0.1, 0.15) is 47.9 Å². The van der Waals surface area contributed by atoms with E-state index in [2.05, 4.69) is 22.1 Å². The number of esters is 1. The molecule has 1 aromatic carbocycles. The van der Waals surface area contributed by atoms with E-state index in [1.165, 1.54) is 23.1 Å². The molecule has 1 unspecified atom stereocenters. The smallest absolute Gasteiger partial charge is 0.341 e. The van der Waals surface area contributed by atoms with Crippen LogP contribution in [0.2, 0.25) is 0 Å². The van der Waals surface area contributed by atoms with E-state index in [0.29, 0.717) is 33.8 Å². The molecule has 0 bridgehead atoms. The van der Waals surface area contributed by atoms with Gasteiger partial charge in [-0.3, -0.25) is 9.36 Å². The maximum atomic E-state index is 12.7. The average Bonchev–Trinajstić information content (AvgIpc) is 3.47. The molecular weight excluding hydrogens is 500 g/mol. The number of hydrogen-bond acceptors (Lipinski definition) is 9. The van der Waals surface area contributed by atoms with E-state index in [4.69, 9.17) is 14.2 Å². The molecular formula is C25H30N4O5S2. The molecule has 0 aliphatic rings. The van der Waals surface area contributed by atoms with Gasteiger partial charge in [-0.15, -0.1) is 28.1 Å². The Morgan fingerprint density at radius 2 is 1.94 bits per heavy atom. The van der Waals surface area contributed by atoms with Crippen molar-refractivity contribution in [3.63, 3.8) is 0 Å². The number of anilines is 1. The summed E-state index contributed by atoms with van der Waals surface area (Å²) in [5, 5.41) is 12.5. The lowest BCUT2D eigenvalue weighted by Gasteiger charge is -2.16. The van der Waals surface area contributed by atoms with Crippen LogP contribution >= 0.6 is 23.1 Å². The molecule has 0 saturated heterocycles. The maximum Gasteiger partial charge on any atom is 0.341 e. The minimum atomic E-state index is -0.447. The minimum absolute atomic E-state index is 0.0879. The van der Waals surface area contributed by atoms with Crippen molar-refractivity contribution < 1.29 is 23.8 Å². The van der Waals surface area contributed by atoms with Crippen LogP contribution in [0.5, 0.6) is 11.5 Å². The average molecular weight is 531 g/mol. The summed E-state index contributed by atoms with van der Waals surface area (Å²) in [5.41, 5.74) is 0.374. The highest BCUT2D eigenvalue weighted by molar-refractivity contribution is 7.99. The number of carbonyl (C=O) groups is 2. The summed E-state index contributed by atoms with van der Waals surface area (Å²) in [5.74, 6) is 1.41. The Balaban J connectivity index is 1.68. The first-order chi connectivity index (χ1) is 17.4. The van der Waals surface area contributed by atoms with E-state index >= 15 is 0 Å². The van der Waals surface area contributed by atoms with Gasteiger partial charge in [0.15, 0.2) is 17.1 Å². The number of carbonyl (C=O) groups excluding carboxylic acids is 2. The first-order valence-electron chi connectivity index (χ1n) is 11.5. The molecule has 1 atom stereocenters. The maximum absolute atomic E-state index is 12.7. The fourth-order valence-corrected chi connectivity index (χ4v) is 5.04. The molecule has 0 fully saturated rings. The van der Waals surface area contributed by atoms with Gasteiger partial charge in [0.05, 0.1) is 25.0 Å². The number of aromatic nitrogens is 3. The molecule has 0 spiro atoms. The SMILES string of the molecule is C=CCn1c(SCC(=O)Nc2sc(CC)cc2C(=O)OCC)nnc1C(C)Oc1ccc(OC)cc1. The lowest BCUT2D eigenvalue weighted by Crippen LogP contribution is -2.17. The molecule has 1 N–H and O–H groups in total. The highest BCUT2D eigenvalue weighted by Crippen LogP contribution is 2.30. The summed E-state index contributed by atoms with van der Waals surface area (Å²) in [6, 6.07) is 9.05. The number of benzene rings is 1. The van der Waals surface area contributed by atoms with E-state index in [1.807, 2.05) is 42.7 Å². The molecule has 2 heterocycles. The normalized spacial score (nSPS) is 11.6. The number of thiophene rings is 1. The van der Waals surface area contributed by atoms with Crippen molar-refractivity contribution in [3.05, 3.63) is 59.3 Å². The van der Waals surface area contributed by atoms with Gasteiger partial charge in [-0.2, -0.15) is 0 Å². The van der Waals surface area contributed by atoms with E-state index in [9.17, 15) is 9.59 Å². The van der Waals surface area contributed by atoms with Gasteiger partial charge in [0.25, 0.3) is 0 Å². The van der Waals surface area contributed by atoms with Crippen LogP contribution in [0.3, 0.4) is 0 Å². The minimum Gasteiger partial charge on any atom is -0.497 e. The molecule has 0 radical (unpaired) electrons. The number of nitrogens with zero attached hydrogens (tertiary/aromatic N) is 3. The van der Waals surface area contributed by atoms with Crippen molar-refractivity contribution in [2.75, 3.05) is 24.8 Å². The van der Waals surface area contributed by atoms with Crippen molar-refractivity contribution in [2.45, 2.75) is 45.0 Å². The van der Waals surface area contributed by atoms with Crippen molar-refractivity contribution in [2.24, 2.45) is 0 Å². The Morgan fingerprint density at radius 3 is 2.58 bits per heavy atom. The molecule has 0 aliphatic heterocycles. The number of aryl methyl sites for hydroxylation is 1. The van der Waals surface area contributed by atoms with Crippen LogP contribution in [-0.2, 0) is 22.5 Å². The Kier molecular flexibility index (Phi) is 9.95. The summed E-state index contributed by atoms with van der Waals surface area (Å²) in [7, 11) is 1.61. The largest absolute Gasteiger partial charge is 0.497 e. The molecule has 11 heteroatoms. The third-order valence-electron chi connectivity index (χ3n) is 5.01.